The van der Waals surface area contributed by atoms with E-state index in [0.717, 1.165) is 5.39 Å². The van der Waals surface area contributed by atoms with Crippen molar-refractivity contribution in [2.75, 3.05) is 0 Å². The van der Waals surface area contributed by atoms with Crippen LogP contribution in [0.15, 0.2) is 47.4 Å². The lowest BCUT2D eigenvalue weighted by molar-refractivity contribution is 0.436. The van der Waals surface area contributed by atoms with E-state index >= 15 is 0 Å². The van der Waals surface area contributed by atoms with Crippen LogP contribution in [0.3, 0.4) is 0 Å². The Balaban J connectivity index is 0. The summed E-state index contributed by atoms with van der Waals surface area (Å²) < 4.78 is 55.0. The molecule has 0 saturated heterocycles. The lowest BCUT2D eigenvalue weighted by Gasteiger charge is -2.02. The molecule has 1 atom stereocenters. The molecule has 0 saturated carbocycles. The fourth-order valence-corrected chi connectivity index (χ4v) is 2.13. The number of fused-ring (bicyclic) bond motifs is 1. The van der Waals surface area contributed by atoms with Crippen LogP contribution in [-0.2, 0) is 21.5 Å². The Bertz CT molecular complexity index is 659. The summed E-state index contributed by atoms with van der Waals surface area (Å²) in [4.78, 5) is -0.0457. The van der Waals surface area contributed by atoms with Gasteiger partial charge in [-0.3, -0.25) is 4.55 Å². The molecule has 0 radical (unpaired) electrons. The number of hydrogen-bond donors (Lipinski definition) is 2. The van der Waals surface area contributed by atoms with E-state index < -0.39 is 21.5 Å². The molecule has 0 aliphatic rings. The summed E-state index contributed by atoms with van der Waals surface area (Å²) in [6.07, 6.45) is 0. The normalized spacial score (nSPS) is 11.3. The van der Waals surface area contributed by atoms with Gasteiger partial charge in [0, 0.05) is 5.39 Å². The predicted octanol–water partition coefficient (Wildman–Crippen LogP) is -0.224. The first-order chi connectivity index (χ1) is 8.32. The van der Waals surface area contributed by atoms with Gasteiger partial charge in [0.05, 0.1) is 11.4 Å². The summed E-state index contributed by atoms with van der Waals surface area (Å²) in [5.74, 6) is 0. The van der Waals surface area contributed by atoms with Gasteiger partial charge < -0.3 is 20.1 Å². The second kappa shape index (κ2) is 8.71. The molecule has 6 N–H and O–H groups in total. The first kappa shape index (κ1) is 20.9. The summed E-state index contributed by atoms with van der Waals surface area (Å²) in [5.41, 5.74) is 0. The van der Waals surface area contributed by atoms with Gasteiger partial charge in [0.1, 0.15) is 4.90 Å². The monoisotopic (exact) mass is 325 g/mol. The highest BCUT2D eigenvalue weighted by molar-refractivity contribution is 7.86. The smallest absolute Gasteiger partial charge is 0.295 e. The van der Waals surface area contributed by atoms with E-state index in [0.29, 0.717) is 5.39 Å². The highest BCUT2D eigenvalue weighted by Gasteiger charge is 2.12. The van der Waals surface area contributed by atoms with Crippen LogP contribution in [0.2, 0.25) is 0 Å². The molecular formula is C10H13O8S2-. The Morgan fingerprint density at radius 2 is 1.45 bits per heavy atom. The van der Waals surface area contributed by atoms with Crippen molar-refractivity contribution < 1.29 is 37.2 Å². The molecule has 0 aliphatic carbocycles. The molecule has 0 fully saturated rings. The molecule has 8 nitrogen and oxygen atoms in total. The fourth-order valence-electron chi connectivity index (χ4n) is 1.42. The van der Waals surface area contributed by atoms with Gasteiger partial charge in [-0.1, -0.05) is 36.4 Å². The van der Waals surface area contributed by atoms with Gasteiger partial charge in [-0.15, -0.1) is 0 Å². The van der Waals surface area contributed by atoms with Crippen molar-refractivity contribution in [1.29, 1.82) is 0 Å². The molecular weight excluding hydrogens is 312 g/mol. The quantitative estimate of drug-likeness (QED) is 0.540. The van der Waals surface area contributed by atoms with Crippen molar-refractivity contribution >= 4 is 32.3 Å². The zero-order valence-corrected chi connectivity index (χ0v) is 11.5. The van der Waals surface area contributed by atoms with Crippen molar-refractivity contribution in [3.63, 3.8) is 0 Å². The van der Waals surface area contributed by atoms with Crippen molar-refractivity contribution in [2.45, 2.75) is 4.90 Å². The highest BCUT2D eigenvalue weighted by Crippen LogP contribution is 2.21. The van der Waals surface area contributed by atoms with Gasteiger partial charge in [-0.25, -0.2) is 4.21 Å². The van der Waals surface area contributed by atoms with Crippen LogP contribution in [0.4, 0.5) is 0 Å². The van der Waals surface area contributed by atoms with Crippen LogP contribution in [0.25, 0.3) is 10.8 Å². The third-order valence-electron chi connectivity index (χ3n) is 2.03. The molecule has 2 rings (SSSR count). The second-order valence-corrected chi connectivity index (χ2v) is 4.99. The summed E-state index contributed by atoms with van der Waals surface area (Å²) in [6.45, 7) is 0. The van der Waals surface area contributed by atoms with E-state index in [1.165, 1.54) is 6.07 Å². The summed E-state index contributed by atoms with van der Waals surface area (Å²) in [7, 11) is -4.13. The minimum Gasteiger partial charge on any atom is -0.750 e. The van der Waals surface area contributed by atoms with Crippen LogP contribution in [0, 0.1) is 0 Å². The lowest BCUT2D eigenvalue weighted by atomic mass is 10.1. The number of hydrogen-bond acceptors (Lipinski definition) is 4. The fraction of sp³-hybridized carbons (Fsp3) is 0. The average Bonchev–Trinajstić information content (AvgIpc) is 2.26. The first-order valence-corrected chi connectivity index (χ1v) is 7.03. The van der Waals surface area contributed by atoms with E-state index in [1.54, 1.807) is 30.3 Å². The Hall–Kier alpha value is -1.40. The van der Waals surface area contributed by atoms with Gasteiger partial charge in [-0.05, 0) is 11.5 Å². The molecule has 10 heteroatoms. The van der Waals surface area contributed by atoms with Crippen LogP contribution in [-0.4, -0.2) is 37.2 Å². The molecule has 0 spiro atoms. The number of rotatable bonds is 1. The molecule has 2 aromatic carbocycles. The maximum absolute atomic E-state index is 11.0. The topological polar surface area (TPSA) is 178 Å². The standard InChI is InChI=1S/C10H8O3S.H2O3S.2H2O/c11-14(12,13)10-7-3-5-8-4-1-2-6-9(8)10;1-4(2)3;;/h1-7H,(H,11,12,13);(H2,1,2,3);2*1H2/p-1. The summed E-state index contributed by atoms with van der Waals surface area (Å²) in [6, 6.07) is 11.8. The van der Waals surface area contributed by atoms with Gasteiger partial charge in [-0.2, -0.15) is 8.42 Å². The van der Waals surface area contributed by atoms with E-state index in [9.17, 15) is 8.42 Å². The minimum absolute atomic E-state index is 0. The van der Waals surface area contributed by atoms with E-state index in [4.69, 9.17) is 17.9 Å². The molecule has 0 amide bonds. The molecule has 0 aliphatic heterocycles. The predicted molar refractivity (Wildman–Crippen MR) is 72.5 cm³/mol. The van der Waals surface area contributed by atoms with Crippen LogP contribution in [0.1, 0.15) is 0 Å². The van der Waals surface area contributed by atoms with Crippen LogP contribution < -0.4 is 0 Å². The average molecular weight is 325 g/mol. The maximum atomic E-state index is 11.0. The second-order valence-electron chi connectivity index (χ2n) is 3.17. The Labute approximate surface area is 117 Å². The molecule has 2 aromatic rings. The van der Waals surface area contributed by atoms with Gasteiger partial charge >= 0.3 is 0 Å². The third kappa shape index (κ3) is 6.16. The van der Waals surface area contributed by atoms with Crippen LogP contribution in [0.5, 0.6) is 0 Å². The molecule has 0 bridgehead atoms. The van der Waals surface area contributed by atoms with Crippen molar-refractivity contribution in [2.24, 2.45) is 0 Å². The van der Waals surface area contributed by atoms with Crippen molar-refractivity contribution in [3.05, 3.63) is 42.5 Å². The zero-order valence-electron chi connectivity index (χ0n) is 9.89. The van der Waals surface area contributed by atoms with Crippen molar-refractivity contribution in [1.82, 2.24) is 0 Å². The van der Waals surface area contributed by atoms with Crippen LogP contribution >= 0.6 is 0 Å². The number of benzene rings is 2. The van der Waals surface area contributed by atoms with E-state index in [-0.39, 0.29) is 15.8 Å². The largest absolute Gasteiger partial charge is 0.750 e. The van der Waals surface area contributed by atoms with Gasteiger partial charge in [0.25, 0.3) is 10.1 Å². The maximum Gasteiger partial charge on any atom is 0.295 e. The lowest BCUT2D eigenvalue weighted by Crippen LogP contribution is -1.98. The van der Waals surface area contributed by atoms with Gasteiger partial charge in [0.2, 0.25) is 0 Å². The first-order valence-electron chi connectivity index (χ1n) is 4.56. The van der Waals surface area contributed by atoms with E-state index in [2.05, 4.69) is 0 Å². The summed E-state index contributed by atoms with van der Waals surface area (Å²) >= 11 is -2.86. The molecule has 1 unspecified atom stereocenters. The molecule has 0 aromatic heterocycles. The highest BCUT2D eigenvalue weighted by atomic mass is 32.2. The Morgan fingerprint density at radius 3 is 1.95 bits per heavy atom. The SMILES string of the molecule is O.O.O=S(=O)(O)c1cccc2ccccc12.O=S([O-])O. The Morgan fingerprint density at radius 1 is 1.00 bits per heavy atom. The molecule has 114 valence electrons. The zero-order chi connectivity index (χ0) is 13.8. The van der Waals surface area contributed by atoms with E-state index in [1.807, 2.05) is 6.07 Å². The molecule has 0 heterocycles. The Kier molecular flexibility index (Phi) is 9.10. The van der Waals surface area contributed by atoms with Crippen molar-refractivity contribution in [3.8, 4) is 0 Å². The van der Waals surface area contributed by atoms with Gasteiger partial charge in [0.15, 0.2) is 0 Å². The summed E-state index contributed by atoms with van der Waals surface area (Å²) in [5, 5.41) is 1.33. The minimum atomic E-state index is -4.13. The molecule has 20 heavy (non-hydrogen) atoms. The third-order valence-corrected chi connectivity index (χ3v) is 2.94.